The van der Waals surface area contributed by atoms with Gasteiger partial charge < -0.3 is 15.2 Å². The molecule has 1 fully saturated rings. The summed E-state index contributed by atoms with van der Waals surface area (Å²) in [6.45, 7) is 6.31. The maximum atomic E-state index is 12.3. The van der Waals surface area contributed by atoms with Crippen LogP contribution in [0.15, 0.2) is 34.9 Å². The summed E-state index contributed by atoms with van der Waals surface area (Å²) >= 11 is 7.24. The number of hydrogen-bond acceptors (Lipinski definition) is 6. The van der Waals surface area contributed by atoms with Crippen molar-refractivity contribution in [1.29, 1.82) is 0 Å². The first-order valence-electron chi connectivity index (χ1n) is 10.0. The van der Waals surface area contributed by atoms with Crippen molar-refractivity contribution in [1.82, 2.24) is 15.4 Å². The molecule has 1 aliphatic rings. The lowest BCUT2D eigenvalue weighted by molar-refractivity contribution is -0.119. The van der Waals surface area contributed by atoms with Gasteiger partial charge in [-0.25, -0.2) is 0 Å². The molecule has 1 aliphatic heterocycles. The van der Waals surface area contributed by atoms with E-state index in [0.29, 0.717) is 11.6 Å². The molecule has 1 saturated heterocycles. The second kappa shape index (κ2) is 10.8. The Kier molecular flexibility index (Phi) is 8.18. The molecule has 1 aromatic heterocycles. The predicted molar refractivity (Wildman–Crippen MR) is 120 cm³/mol. The largest absolute Gasteiger partial charge is 0.360 e. The molecular formula is C21H27ClN4O3S. The van der Waals surface area contributed by atoms with E-state index in [1.807, 2.05) is 12.1 Å². The van der Waals surface area contributed by atoms with Gasteiger partial charge in [0.05, 0.1) is 11.0 Å². The number of hydrogen-bond donors (Lipinski definition) is 2. The van der Waals surface area contributed by atoms with Crippen molar-refractivity contribution in [3.63, 3.8) is 0 Å². The van der Waals surface area contributed by atoms with E-state index in [4.69, 9.17) is 16.1 Å². The number of amides is 2. The van der Waals surface area contributed by atoms with Gasteiger partial charge in [0, 0.05) is 36.8 Å². The standard InChI is InChI=1S/C21H27ClN4O3S/c1-14-11-19(25-29-14)24-21(28)15(2)30-13-20(27)23-18-7-9-26(10-8-18)12-16-3-5-17(22)6-4-16/h3-6,11,15,18H,7-10,12-13H2,1-2H3,(H,23,27)(H,24,25,28). The van der Waals surface area contributed by atoms with Gasteiger partial charge in [0.25, 0.3) is 0 Å². The molecule has 9 heteroatoms. The number of aromatic nitrogens is 1. The molecule has 30 heavy (non-hydrogen) atoms. The first-order chi connectivity index (χ1) is 14.4. The lowest BCUT2D eigenvalue weighted by Gasteiger charge is -2.32. The summed E-state index contributed by atoms with van der Waals surface area (Å²) in [5.74, 6) is 1.03. The lowest BCUT2D eigenvalue weighted by Crippen LogP contribution is -2.45. The van der Waals surface area contributed by atoms with Gasteiger partial charge in [-0.3, -0.25) is 14.5 Å². The number of aryl methyl sites for hydroxylation is 1. The van der Waals surface area contributed by atoms with Crippen molar-refractivity contribution < 1.29 is 14.1 Å². The highest BCUT2D eigenvalue weighted by Crippen LogP contribution is 2.17. The van der Waals surface area contributed by atoms with Crippen LogP contribution in [0.5, 0.6) is 0 Å². The van der Waals surface area contributed by atoms with Crippen LogP contribution in [-0.2, 0) is 16.1 Å². The number of benzene rings is 1. The van der Waals surface area contributed by atoms with Crippen LogP contribution in [0.25, 0.3) is 0 Å². The first-order valence-corrected chi connectivity index (χ1v) is 11.4. The summed E-state index contributed by atoms with van der Waals surface area (Å²) in [4.78, 5) is 26.8. The number of piperidine rings is 1. The molecule has 162 valence electrons. The minimum atomic E-state index is -0.367. The SMILES string of the molecule is Cc1cc(NC(=O)C(C)SCC(=O)NC2CCN(Cc3ccc(Cl)cc3)CC2)no1. The van der Waals surface area contributed by atoms with Crippen LogP contribution < -0.4 is 10.6 Å². The number of carbonyl (C=O) groups excluding carboxylic acids is 2. The van der Waals surface area contributed by atoms with Crippen LogP contribution in [0.3, 0.4) is 0 Å². The van der Waals surface area contributed by atoms with Crippen LogP contribution in [-0.4, -0.2) is 52.0 Å². The van der Waals surface area contributed by atoms with Gasteiger partial charge in [0.15, 0.2) is 5.82 Å². The predicted octanol–water partition coefficient (Wildman–Crippen LogP) is 3.48. The van der Waals surface area contributed by atoms with Crippen LogP contribution in [0, 0.1) is 6.92 Å². The van der Waals surface area contributed by atoms with Crippen molar-refractivity contribution in [2.75, 3.05) is 24.2 Å². The molecule has 1 unspecified atom stereocenters. The maximum Gasteiger partial charge on any atom is 0.238 e. The summed E-state index contributed by atoms with van der Waals surface area (Å²) in [5.41, 5.74) is 1.24. The minimum Gasteiger partial charge on any atom is -0.360 e. The highest BCUT2D eigenvalue weighted by atomic mass is 35.5. The molecule has 1 aromatic carbocycles. The fourth-order valence-corrected chi connectivity index (χ4v) is 4.10. The van der Waals surface area contributed by atoms with Crippen LogP contribution in [0.4, 0.5) is 5.82 Å². The fourth-order valence-electron chi connectivity index (χ4n) is 3.28. The third-order valence-electron chi connectivity index (χ3n) is 4.99. The van der Waals surface area contributed by atoms with E-state index in [1.165, 1.54) is 17.3 Å². The molecule has 0 bridgehead atoms. The van der Waals surface area contributed by atoms with Gasteiger partial charge in [-0.2, -0.15) is 0 Å². The molecular weight excluding hydrogens is 424 g/mol. The average Bonchev–Trinajstić information content (AvgIpc) is 3.14. The number of carbonyl (C=O) groups is 2. The monoisotopic (exact) mass is 450 g/mol. The number of anilines is 1. The number of nitrogens with one attached hydrogen (secondary N) is 2. The summed E-state index contributed by atoms with van der Waals surface area (Å²) in [6.07, 6.45) is 1.84. The summed E-state index contributed by atoms with van der Waals surface area (Å²) in [7, 11) is 0. The molecule has 1 atom stereocenters. The quantitative estimate of drug-likeness (QED) is 0.640. The van der Waals surface area contributed by atoms with Gasteiger partial charge in [-0.05, 0) is 44.4 Å². The second-order valence-corrected chi connectivity index (χ2v) is 9.28. The lowest BCUT2D eigenvalue weighted by atomic mass is 10.0. The Balaban J connectivity index is 1.33. The number of likely N-dealkylation sites (tertiary alicyclic amines) is 1. The molecule has 7 nitrogen and oxygen atoms in total. The average molecular weight is 451 g/mol. The molecule has 0 radical (unpaired) electrons. The Hall–Kier alpha value is -2.03. The van der Waals surface area contributed by atoms with Crippen LogP contribution in [0.2, 0.25) is 5.02 Å². The van der Waals surface area contributed by atoms with Crippen molar-refractivity contribution in [3.05, 3.63) is 46.7 Å². The molecule has 0 spiro atoms. The van der Waals surface area contributed by atoms with E-state index in [0.717, 1.165) is 37.5 Å². The Morgan fingerprint density at radius 3 is 2.63 bits per heavy atom. The zero-order valence-electron chi connectivity index (χ0n) is 17.2. The highest BCUT2D eigenvalue weighted by Gasteiger charge is 2.22. The van der Waals surface area contributed by atoms with Gasteiger partial charge >= 0.3 is 0 Å². The topological polar surface area (TPSA) is 87.5 Å². The molecule has 2 heterocycles. The van der Waals surface area contributed by atoms with Gasteiger partial charge in [0.2, 0.25) is 11.8 Å². The Morgan fingerprint density at radius 2 is 2.00 bits per heavy atom. The van der Waals surface area contributed by atoms with Crippen molar-refractivity contribution in [2.45, 2.75) is 44.5 Å². The highest BCUT2D eigenvalue weighted by molar-refractivity contribution is 8.01. The van der Waals surface area contributed by atoms with E-state index in [-0.39, 0.29) is 28.9 Å². The number of rotatable bonds is 8. The molecule has 2 N–H and O–H groups in total. The molecule has 2 amide bonds. The molecule has 0 aliphatic carbocycles. The smallest absolute Gasteiger partial charge is 0.238 e. The Morgan fingerprint density at radius 1 is 1.30 bits per heavy atom. The molecule has 2 aromatic rings. The van der Waals surface area contributed by atoms with Crippen LogP contribution >= 0.6 is 23.4 Å². The van der Waals surface area contributed by atoms with Crippen LogP contribution in [0.1, 0.15) is 31.1 Å². The van der Waals surface area contributed by atoms with Gasteiger partial charge in [0.1, 0.15) is 5.76 Å². The van der Waals surface area contributed by atoms with E-state index in [9.17, 15) is 9.59 Å². The number of nitrogens with zero attached hydrogens (tertiary/aromatic N) is 2. The summed E-state index contributed by atoms with van der Waals surface area (Å²) in [5, 5.41) is 9.90. The minimum absolute atomic E-state index is 0.0342. The van der Waals surface area contributed by atoms with Crippen molar-refractivity contribution >= 4 is 41.0 Å². The zero-order chi connectivity index (χ0) is 21.5. The zero-order valence-corrected chi connectivity index (χ0v) is 18.8. The fraction of sp³-hybridized carbons (Fsp3) is 0.476. The van der Waals surface area contributed by atoms with Crippen molar-refractivity contribution in [2.24, 2.45) is 0 Å². The van der Waals surface area contributed by atoms with Crippen molar-refractivity contribution in [3.8, 4) is 0 Å². The first kappa shape index (κ1) is 22.7. The summed E-state index contributed by atoms with van der Waals surface area (Å²) < 4.78 is 4.93. The third-order valence-corrected chi connectivity index (χ3v) is 6.38. The second-order valence-electron chi connectivity index (χ2n) is 7.51. The van der Waals surface area contributed by atoms with Gasteiger partial charge in [-0.1, -0.05) is 28.9 Å². The van der Waals surface area contributed by atoms with Gasteiger partial charge in [-0.15, -0.1) is 11.8 Å². The number of thioether (sulfide) groups is 1. The van der Waals surface area contributed by atoms with E-state index in [2.05, 4.69) is 32.8 Å². The molecule has 3 rings (SSSR count). The van der Waals surface area contributed by atoms with E-state index in [1.54, 1.807) is 19.9 Å². The van der Waals surface area contributed by atoms with E-state index < -0.39 is 0 Å². The van der Waals surface area contributed by atoms with E-state index >= 15 is 0 Å². The molecule has 0 saturated carbocycles. The number of halogens is 1. The third kappa shape index (κ3) is 7.04. The Bertz CT molecular complexity index is 850. The maximum absolute atomic E-state index is 12.3. The normalized spacial score (nSPS) is 16.2. The summed E-state index contributed by atoms with van der Waals surface area (Å²) in [6, 6.07) is 9.76. The Labute approximate surface area is 185 Å².